The Kier molecular flexibility index (Phi) is 18.0. The van der Waals surface area contributed by atoms with Crippen LogP contribution in [0.3, 0.4) is 0 Å². The number of hydrogen-bond donors (Lipinski definition) is 1. The predicted octanol–water partition coefficient (Wildman–Crippen LogP) is 8.60. The van der Waals surface area contributed by atoms with E-state index in [1.54, 1.807) is 7.11 Å². The molecule has 2 fully saturated rings. The summed E-state index contributed by atoms with van der Waals surface area (Å²) < 4.78 is 67.7. The quantitative estimate of drug-likeness (QED) is 0.0668. The Balaban J connectivity index is 1.18. The Morgan fingerprint density at radius 3 is 1.06 bits per heavy atom. The Morgan fingerprint density at radius 2 is 0.682 bits per heavy atom. The molecule has 2 heterocycles. The second-order valence-electron chi connectivity index (χ2n) is 16.4. The van der Waals surface area contributed by atoms with Gasteiger partial charge in [0, 0.05) is 7.11 Å². The van der Waals surface area contributed by atoms with Crippen molar-refractivity contribution in [2.45, 2.75) is 101 Å². The van der Waals surface area contributed by atoms with Gasteiger partial charge in [0.05, 0.1) is 52.9 Å². The fourth-order valence-corrected chi connectivity index (χ4v) is 8.29. The zero-order valence-electron chi connectivity index (χ0n) is 37.3. The highest BCUT2D eigenvalue weighted by Crippen LogP contribution is 2.37. The monoisotopic (exact) mass is 896 g/mol. The van der Waals surface area contributed by atoms with E-state index in [4.69, 9.17) is 47.4 Å². The van der Waals surface area contributed by atoms with Gasteiger partial charge in [0.1, 0.15) is 48.8 Å². The highest BCUT2D eigenvalue weighted by molar-refractivity contribution is 5.18. The topological polar surface area (TPSA) is 113 Å². The number of ether oxygens (including phenoxy) is 10. The highest BCUT2D eigenvalue weighted by Gasteiger charge is 2.54. The van der Waals surface area contributed by atoms with Gasteiger partial charge in [0.15, 0.2) is 12.6 Å². The van der Waals surface area contributed by atoms with E-state index < -0.39 is 61.4 Å². The largest absolute Gasteiger partial charge is 0.394 e. The molecule has 0 bridgehead atoms. The van der Waals surface area contributed by atoms with Crippen molar-refractivity contribution in [3.8, 4) is 0 Å². The second-order valence-corrected chi connectivity index (χ2v) is 16.4. The molecular formula is C55H60O11. The zero-order chi connectivity index (χ0) is 45.2. The summed E-state index contributed by atoms with van der Waals surface area (Å²) in [6.07, 6.45) is -8.58. The van der Waals surface area contributed by atoms with Gasteiger partial charge in [-0.3, -0.25) is 0 Å². The van der Waals surface area contributed by atoms with Crippen LogP contribution in [0.1, 0.15) is 33.4 Å². The van der Waals surface area contributed by atoms with Crippen LogP contribution in [-0.4, -0.2) is 86.8 Å². The minimum atomic E-state index is -1.11. The van der Waals surface area contributed by atoms with Crippen LogP contribution in [0.5, 0.6) is 0 Å². The molecule has 2 aliphatic rings. The van der Waals surface area contributed by atoms with E-state index in [1.807, 2.05) is 182 Å². The minimum Gasteiger partial charge on any atom is -0.394 e. The molecule has 0 saturated carbocycles. The summed E-state index contributed by atoms with van der Waals surface area (Å²) in [6, 6.07) is 59.7. The summed E-state index contributed by atoms with van der Waals surface area (Å²) in [5.41, 5.74) is 5.81. The molecule has 2 saturated heterocycles. The molecule has 0 radical (unpaired) electrons. The zero-order valence-corrected chi connectivity index (χ0v) is 37.3. The molecular weight excluding hydrogens is 837 g/mol. The van der Waals surface area contributed by atoms with Crippen LogP contribution in [0.15, 0.2) is 182 Å². The van der Waals surface area contributed by atoms with Gasteiger partial charge in [-0.15, -0.1) is 0 Å². The first-order valence-electron chi connectivity index (χ1n) is 22.6. The van der Waals surface area contributed by atoms with Crippen molar-refractivity contribution in [2.75, 3.05) is 20.3 Å². The van der Waals surface area contributed by atoms with Crippen molar-refractivity contribution < 1.29 is 52.5 Å². The van der Waals surface area contributed by atoms with Crippen molar-refractivity contribution in [1.29, 1.82) is 0 Å². The molecule has 0 spiro atoms. The Hall–Kier alpha value is -5.12. The van der Waals surface area contributed by atoms with E-state index >= 15 is 0 Å². The lowest BCUT2D eigenvalue weighted by atomic mass is 9.95. The van der Waals surface area contributed by atoms with Gasteiger partial charge >= 0.3 is 0 Å². The third-order valence-corrected chi connectivity index (χ3v) is 11.7. The average molecular weight is 897 g/mol. The molecule has 11 nitrogen and oxygen atoms in total. The molecule has 10 atom stereocenters. The van der Waals surface area contributed by atoms with Gasteiger partial charge in [-0.05, 0) is 33.4 Å². The van der Waals surface area contributed by atoms with Gasteiger partial charge in [-0.1, -0.05) is 182 Å². The fraction of sp³-hybridized carbons (Fsp3) is 0.345. The first-order valence-corrected chi connectivity index (χ1v) is 22.6. The number of methoxy groups -OCH3 is 1. The van der Waals surface area contributed by atoms with Gasteiger partial charge in [0.2, 0.25) is 0 Å². The lowest BCUT2D eigenvalue weighted by molar-refractivity contribution is -0.376. The Labute approximate surface area is 388 Å². The number of aliphatic hydroxyl groups excluding tert-OH is 1. The molecule has 2 aliphatic heterocycles. The van der Waals surface area contributed by atoms with Crippen LogP contribution in [0, 0.1) is 0 Å². The first kappa shape index (κ1) is 47.4. The SMILES string of the molecule is CO[C@H]1O[C@H](CO)[C@@H](OCc2ccccc2)[C@H](O[C@H]2O[C@H](COCc3ccccc3)[C@@H](OCc3ccccc3)[C@H](OCc3ccccc3)[C@H]2OCc2ccccc2)[C@H]1OCc1ccccc1. The molecule has 6 aromatic rings. The summed E-state index contributed by atoms with van der Waals surface area (Å²) in [5.74, 6) is 0. The molecule has 8 rings (SSSR count). The van der Waals surface area contributed by atoms with E-state index in [1.165, 1.54) is 0 Å². The highest BCUT2D eigenvalue weighted by atomic mass is 16.8. The molecule has 1 N–H and O–H groups in total. The summed E-state index contributed by atoms with van der Waals surface area (Å²) in [5, 5.41) is 10.9. The molecule has 66 heavy (non-hydrogen) atoms. The lowest BCUT2D eigenvalue weighted by Gasteiger charge is -2.50. The number of benzene rings is 6. The van der Waals surface area contributed by atoms with Crippen molar-refractivity contribution in [3.63, 3.8) is 0 Å². The number of rotatable bonds is 23. The van der Waals surface area contributed by atoms with Gasteiger partial charge in [0.25, 0.3) is 0 Å². The number of hydrogen-bond acceptors (Lipinski definition) is 11. The Bertz CT molecular complexity index is 2170. The maximum Gasteiger partial charge on any atom is 0.187 e. The van der Waals surface area contributed by atoms with Crippen LogP contribution < -0.4 is 0 Å². The van der Waals surface area contributed by atoms with Crippen LogP contribution in [0.4, 0.5) is 0 Å². The first-order chi connectivity index (χ1) is 32.6. The maximum absolute atomic E-state index is 10.9. The number of aliphatic hydroxyl groups is 1. The minimum absolute atomic E-state index is 0.139. The molecule has 346 valence electrons. The molecule has 0 amide bonds. The van der Waals surface area contributed by atoms with Crippen LogP contribution in [0.2, 0.25) is 0 Å². The van der Waals surface area contributed by atoms with Crippen molar-refractivity contribution in [3.05, 3.63) is 215 Å². The average Bonchev–Trinajstić information content (AvgIpc) is 3.38. The van der Waals surface area contributed by atoms with Crippen molar-refractivity contribution in [1.82, 2.24) is 0 Å². The van der Waals surface area contributed by atoms with Crippen molar-refractivity contribution >= 4 is 0 Å². The summed E-state index contributed by atoms with van der Waals surface area (Å²) in [7, 11) is 1.55. The third-order valence-electron chi connectivity index (χ3n) is 11.7. The van der Waals surface area contributed by atoms with E-state index in [2.05, 4.69) is 0 Å². The molecule has 0 unspecified atom stereocenters. The van der Waals surface area contributed by atoms with Crippen LogP contribution in [-0.2, 0) is 87.0 Å². The van der Waals surface area contributed by atoms with Crippen LogP contribution >= 0.6 is 0 Å². The summed E-state index contributed by atoms with van der Waals surface area (Å²) in [6.45, 7) is 1.30. The standard InChI is InChI=1S/C55H60O11/c1-57-54-53(63-38-45-30-18-7-19-31-45)51(48(46(32-56)64-54)59-34-41-22-10-3-11-23-41)66-55-52(62-37-44-28-16-6-17-29-44)50(61-36-43-26-14-5-15-27-43)49(60-35-42-24-12-4-13-25-42)47(65-55)39-58-33-40-20-8-2-9-21-40/h2-31,46-56H,32-39H2,1H3/t46-,47-,48-,49-,50+,51+,52-,53-,54+,55-/m1/s1. The molecule has 0 aliphatic carbocycles. The lowest BCUT2D eigenvalue weighted by Crippen LogP contribution is -2.66. The molecule has 11 heteroatoms. The van der Waals surface area contributed by atoms with Gasteiger partial charge in [-0.2, -0.15) is 0 Å². The van der Waals surface area contributed by atoms with Crippen molar-refractivity contribution in [2.24, 2.45) is 0 Å². The summed E-state index contributed by atoms with van der Waals surface area (Å²) >= 11 is 0. The maximum atomic E-state index is 10.9. The fourth-order valence-electron chi connectivity index (χ4n) is 8.29. The predicted molar refractivity (Wildman–Crippen MR) is 247 cm³/mol. The second kappa shape index (κ2) is 25.1. The van der Waals surface area contributed by atoms with E-state index in [0.29, 0.717) is 6.61 Å². The summed E-state index contributed by atoms with van der Waals surface area (Å²) in [4.78, 5) is 0. The van der Waals surface area contributed by atoms with Gasteiger partial charge in [-0.25, -0.2) is 0 Å². The van der Waals surface area contributed by atoms with E-state index in [-0.39, 0.29) is 46.2 Å². The van der Waals surface area contributed by atoms with Crippen LogP contribution in [0.25, 0.3) is 0 Å². The third kappa shape index (κ3) is 13.3. The van der Waals surface area contributed by atoms with E-state index in [9.17, 15) is 5.11 Å². The smallest absolute Gasteiger partial charge is 0.187 e. The normalized spacial score (nSPS) is 25.4. The molecule has 0 aromatic heterocycles. The molecule has 6 aromatic carbocycles. The van der Waals surface area contributed by atoms with Gasteiger partial charge < -0.3 is 52.5 Å². The Morgan fingerprint density at radius 1 is 0.364 bits per heavy atom. The van der Waals surface area contributed by atoms with E-state index in [0.717, 1.165) is 33.4 Å².